The van der Waals surface area contributed by atoms with Gasteiger partial charge in [0.25, 0.3) is 5.91 Å². The van der Waals surface area contributed by atoms with Crippen molar-refractivity contribution in [1.29, 1.82) is 0 Å². The van der Waals surface area contributed by atoms with E-state index < -0.39 is 6.17 Å². The molecule has 2 aliphatic heterocycles. The highest BCUT2D eigenvalue weighted by Gasteiger charge is 2.35. The fraction of sp³-hybridized carbons (Fsp3) is 0.208. The predicted molar refractivity (Wildman–Crippen MR) is 115 cm³/mol. The van der Waals surface area contributed by atoms with Crippen LogP contribution in [0.1, 0.15) is 33.2 Å². The van der Waals surface area contributed by atoms with Gasteiger partial charge in [0.15, 0.2) is 11.5 Å². The summed E-state index contributed by atoms with van der Waals surface area (Å²) >= 11 is 0. The van der Waals surface area contributed by atoms with Gasteiger partial charge < -0.3 is 19.9 Å². The van der Waals surface area contributed by atoms with Crippen molar-refractivity contribution in [3.63, 3.8) is 0 Å². The average Bonchev–Trinajstić information content (AvgIpc) is 2.77. The van der Waals surface area contributed by atoms with Gasteiger partial charge in [-0.2, -0.15) is 0 Å². The second-order valence-electron chi connectivity index (χ2n) is 7.60. The number of hydrogen-bond donors (Lipinski definition) is 2. The predicted octanol–water partition coefficient (Wildman–Crippen LogP) is 4.55. The second kappa shape index (κ2) is 6.99. The Morgan fingerprint density at radius 1 is 0.967 bits per heavy atom. The van der Waals surface area contributed by atoms with Gasteiger partial charge in [0.05, 0.1) is 11.3 Å². The number of aromatic hydroxyl groups is 1. The summed E-state index contributed by atoms with van der Waals surface area (Å²) in [5.74, 6) is 1.47. The topological polar surface area (TPSA) is 71.0 Å². The Labute approximate surface area is 174 Å². The van der Waals surface area contributed by atoms with Gasteiger partial charge in [0.2, 0.25) is 0 Å². The summed E-state index contributed by atoms with van der Waals surface area (Å²) in [5, 5.41) is 13.7. The molecule has 0 spiro atoms. The molecule has 2 heterocycles. The Kier molecular flexibility index (Phi) is 4.28. The normalized spacial score (nSPS) is 17.3. The maximum atomic E-state index is 13.6. The molecule has 152 valence electrons. The number of carbonyl (C=O) groups excluding carboxylic acids is 1. The van der Waals surface area contributed by atoms with E-state index in [2.05, 4.69) is 5.32 Å². The molecule has 0 saturated heterocycles. The van der Waals surface area contributed by atoms with Crippen LogP contribution in [0, 0.1) is 13.8 Å². The summed E-state index contributed by atoms with van der Waals surface area (Å²) in [6.45, 7) is 4.71. The van der Waals surface area contributed by atoms with Crippen LogP contribution >= 0.6 is 0 Å². The zero-order valence-corrected chi connectivity index (χ0v) is 16.8. The van der Waals surface area contributed by atoms with E-state index in [0.717, 1.165) is 22.4 Å². The zero-order chi connectivity index (χ0) is 20.8. The van der Waals surface area contributed by atoms with E-state index >= 15 is 0 Å². The molecule has 2 N–H and O–H groups in total. The number of benzene rings is 3. The van der Waals surface area contributed by atoms with Crippen LogP contribution in [0.4, 0.5) is 11.4 Å². The van der Waals surface area contributed by atoms with Crippen molar-refractivity contribution in [2.24, 2.45) is 0 Å². The first-order valence-corrected chi connectivity index (χ1v) is 9.92. The van der Waals surface area contributed by atoms with Crippen LogP contribution < -0.4 is 19.7 Å². The number of anilines is 2. The molecule has 1 unspecified atom stereocenters. The van der Waals surface area contributed by atoms with Crippen LogP contribution in [0.25, 0.3) is 0 Å². The SMILES string of the molecule is Cc1cc(C2Nc3ccccc3C(=O)N2c2ccc3c(c2)OCCO3)cc(C)c1O. The summed E-state index contributed by atoms with van der Waals surface area (Å²) in [5.41, 5.74) is 4.51. The number of ether oxygens (including phenoxy) is 2. The number of aryl methyl sites for hydroxylation is 2. The van der Waals surface area contributed by atoms with Gasteiger partial charge >= 0.3 is 0 Å². The minimum atomic E-state index is -0.437. The number of phenolic OH excluding ortho intramolecular Hbond substituents is 1. The Balaban J connectivity index is 1.66. The van der Waals surface area contributed by atoms with Crippen LogP contribution in [0.5, 0.6) is 17.2 Å². The Morgan fingerprint density at radius 3 is 2.43 bits per heavy atom. The lowest BCUT2D eigenvalue weighted by Gasteiger charge is -2.38. The third-order valence-corrected chi connectivity index (χ3v) is 5.56. The van der Waals surface area contributed by atoms with E-state index in [1.807, 2.05) is 68.4 Å². The van der Waals surface area contributed by atoms with E-state index in [1.165, 1.54) is 0 Å². The van der Waals surface area contributed by atoms with Gasteiger partial charge in [-0.3, -0.25) is 9.69 Å². The van der Waals surface area contributed by atoms with Crippen molar-refractivity contribution in [2.75, 3.05) is 23.4 Å². The minimum Gasteiger partial charge on any atom is -0.507 e. The molecule has 3 aromatic carbocycles. The standard InChI is InChI=1S/C24H22N2O4/c1-14-11-16(12-15(2)22(14)27)23-25-19-6-4-3-5-18(19)24(28)26(23)17-7-8-20-21(13-17)30-10-9-29-20/h3-8,11-13,23,25,27H,9-10H2,1-2H3. The van der Waals surface area contributed by atoms with E-state index in [0.29, 0.717) is 36.0 Å². The lowest BCUT2D eigenvalue weighted by Crippen LogP contribution is -2.43. The van der Waals surface area contributed by atoms with Crippen molar-refractivity contribution in [3.8, 4) is 17.2 Å². The molecule has 0 bridgehead atoms. The molecular weight excluding hydrogens is 380 g/mol. The van der Waals surface area contributed by atoms with Crippen molar-refractivity contribution in [2.45, 2.75) is 20.0 Å². The maximum Gasteiger partial charge on any atom is 0.262 e. The first-order valence-electron chi connectivity index (χ1n) is 9.92. The van der Waals surface area contributed by atoms with Gasteiger partial charge in [-0.1, -0.05) is 12.1 Å². The van der Waals surface area contributed by atoms with Gasteiger partial charge in [0, 0.05) is 11.8 Å². The van der Waals surface area contributed by atoms with Gasteiger partial charge in [-0.15, -0.1) is 0 Å². The fourth-order valence-corrected chi connectivity index (χ4v) is 4.08. The van der Waals surface area contributed by atoms with Gasteiger partial charge in [-0.25, -0.2) is 0 Å². The molecule has 6 heteroatoms. The van der Waals surface area contributed by atoms with Crippen molar-refractivity contribution < 1.29 is 19.4 Å². The Hall–Kier alpha value is -3.67. The number of nitrogens with one attached hydrogen (secondary N) is 1. The summed E-state index contributed by atoms with van der Waals surface area (Å²) < 4.78 is 11.4. The number of fused-ring (bicyclic) bond motifs is 2. The highest BCUT2D eigenvalue weighted by atomic mass is 16.6. The number of para-hydroxylation sites is 1. The first kappa shape index (κ1) is 18.4. The van der Waals surface area contributed by atoms with Crippen LogP contribution in [0.15, 0.2) is 54.6 Å². The lowest BCUT2D eigenvalue weighted by atomic mass is 9.99. The van der Waals surface area contributed by atoms with E-state index in [9.17, 15) is 9.90 Å². The number of phenols is 1. The smallest absolute Gasteiger partial charge is 0.262 e. The molecule has 30 heavy (non-hydrogen) atoms. The summed E-state index contributed by atoms with van der Waals surface area (Å²) in [4.78, 5) is 15.3. The van der Waals surface area contributed by atoms with Gasteiger partial charge in [-0.05, 0) is 66.9 Å². The first-order chi connectivity index (χ1) is 14.5. The molecular formula is C24H22N2O4. The number of nitrogens with zero attached hydrogens (tertiary/aromatic N) is 1. The van der Waals surface area contributed by atoms with Gasteiger partial charge in [0.1, 0.15) is 25.1 Å². The number of amides is 1. The molecule has 0 aromatic heterocycles. The average molecular weight is 402 g/mol. The van der Waals surface area contributed by atoms with Crippen molar-refractivity contribution >= 4 is 17.3 Å². The summed E-state index contributed by atoms with van der Waals surface area (Å²) in [6, 6.07) is 16.9. The largest absolute Gasteiger partial charge is 0.507 e. The van der Waals surface area contributed by atoms with Crippen molar-refractivity contribution in [3.05, 3.63) is 76.9 Å². The molecule has 5 rings (SSSR count). The minimum absolute atomic E-state index is 0.102. The molecule has 2 aliphatic rings. The molecule has 3 aromatic rings. The highest BCUT2D eigenvalue weighted by Crippen LogP contribution is 2.41. The second-order valence-corrected chi connectivity index (χ2v) is 7.60. The molecule has 6 nitrogen and oxygen atoms in total. The van der Waals surface area contributed by atoms with Crippen molar-refractivity contribution in [1.82, 2.24) is 0 Å². The third-order valence-electron chi connectivity index (χ3n) is 5.56. The van der Waals surface area contributed by atoms with Crippen LogP contribution in [-0.4, -0.2) is 24.2 Å². The fourth-order valence-electron chi connectivity index (χ4n) is 4.08. The molecule has 0 saturated carbocycles. The summed E-state index contributed by atoms with van der Waals surface area (Å²) in [7, 11) is 0. The number of carbonyl (C=O) groups is 1. The maximum absolute atomic E-state index is 13.6. The number of rotatable bonds is 2. The molecule has 1 amide bonds. The van der Waals surface area contributed by atoms with E-state index in [4.69, 9.17) is 9.47 Å². The molecule has 1 atom stereocenters. The number of hydrogen-bond acceptors (Lipinski definition) is 5. The Bertz CT molecular complexity index is 1130. The summed E-state index contributed by atoms with van der Waals surface area (Å²) in [6.07, 6.45) is -0.437. The third kappa shape index (κ3) is 2.92. The molecule has 0 fully saturated rings. The zero-order valence-electron chi connectivity index (χ0n) is 16.8. The van der Waals surface area contributed by atoms with Crippen LogP contribution in [-0.2, 0) is 0 Å². The highest BCUT2D eigenvalue weighted by molar-refractivity contribution is 6.12. The molecule has 0 aliphatic carbocycles. The van der Waals surface area contributed by atoms with E-state index in [-0.39, 0.29) is 11.7 Å². The monoisotopic (exact) mass is 402 g/mol. The van der Waals surface area contributed by atoms with Crippen LogP contribution in [0.2, 0.25) is 0 Å². The van der Waals surface area contributed by atoms with E-state index in [1.54, 1.807) is 4.90 Å². The lowest BCUT2D eigenvalue weighted by molar-refractivity contribution is 0.0974. The molecule has 0 radical (unpaired) electrons. The Morgan fingerprint density at radius 2 is 1.67 bits per heavy atom. The van der Waals surface area contributed by atoms with Crippen LogP contribution in [0.3, 0.4) is 0 Å². The quantitative estimate of drug-likeness (QED) is 0.658.